The maximum Gasteiger partial charge on any atom is 0.254 e. The van der Waals surface area contributed by atoms with Gasteiger partial charge in [0.25, 0.3) is 5.91 Å². The smallest absolute Gasteiger partial charge is 0.254 e. The molecule has 1 aliphatic rings. The van der Waals surface area contributed by atoms with Gasteiger partial charge in [0, 0.05) is 18.7 Å². The van der Waals surface area contributed by atoms with Gasteiger partial charge in [-0.3, -0.25) is 4.79 Å². The van der Waals surface area contributed by atoms with Crippen LogP contribution in [0, 0.1) is 0 Å². The number of carbonyl (C=O) groups excluding carboxylic acids is 1. The van der Waals surface area contributed by atoms with Crippen molar-refractivity contribution >= 4 is 5.91 Å². The summed E-state index contributed by atoms with van der Waals surface area (Å²) < 4.78 is 5.22. The third-order valence-corrected chi connectivity index (χ3v) is 5.21. The van der Waals surface area contributed by atoms with E-state index in [1.54, 1.807) is 19.2 Å². The van der Waals surface area contributed by atoms with Crippen molar-refractivity contribution in [1.82, 2.24) is 9.80 Å². The van der Waals surface area contributed by atoms with Crippen LogP contribution in [0.25, 0.3) is 0 Å². The van der Waals surface area contributed by atoms with Gasteiger partial charge in [0.2, 0.25) is 0 Å². The average Bonchev–Trinajstić information content (AvgIpc) is 2.68. The van der Waals surface area contributed by atoms with Gasteiger partial charge < -0.3 is 19.6 Å². The van der Waals surface area contributed by atoms with Crippen LogP contribution < -0.4 is 4.74 Å². The first kappa shape index (κ1) is 18.4. The van der Waals surface area contributed by atoms with Gasteiger partial charge in [0.15, 0.2) is 0 Å². The summed E-state index contributed by atoms with van der Waals surface area (Å²) in [5.41, 5.74) is 0.523. The van der Waals surface area contributed by atoms with Gasteiger partial charge in [-0.15, -0.1) is 0 Å². The monoisotopic (exact) mass is 354 g/mol. The maximum absolute atomic E-state index is 13.0. The van der Waals surface area contributed by atoms with Crippen molar-refractivity contribution in [2.75, 3.05) is 34.3 Å². The Balaban J connectivity index is 1.85. The summed E-state index contributed by atoms with van der Waals surface area (Å²) in [7, 11) is 5.47. The summed E-state index contributed by atoms with van der Waals surface area (Å²) in [4.78, 5) is 16.8. The van der Waals surface area contributed by atoms with E-state index in [1.807, 2.05) is 66.4 Å². The first-order valence-corrected chi connectivity index (χ1v) is 8.83. The highest BCUT2D eigenvalue weighted by Crippen LogP contribution is 2.35. The third kappa shape index (κ3) is 3.45. The summed E-state index contributed by atoms with van der Waals surface area (Å²) in [6.45, 7) is 0.972. The van der Waals surface area contributed by atoms with Crippen LogP contribution >= 0.6 is 0 Å². The Hall–Kier alpha value is -2.37. The zero-order chi connectivity index (χ0) is 18.7. The molecule has 0 saturated carbocycles. The van der Waals surface area contributed by atoms with Crippen LogP contribution in [-0.2, 0) is 5.60 Å². The van der Waals surface area contributed by atoms with Gasteiger partial charge in [-0.1, -0.05) is 36.4 Å². The number of likely N-dealkylation sites (N-methyl/N-ethyl adjacent to an activating group) is 1. The standard InChI is InChI=1S/C21H26N2O3/c1-22(2)19-15-23(20(24)16-8-7-11-18(14-16)26-3)13-12-21(19,25)17-9-5-4-6-10-17/h4-11,14,19,25H,12-13,15H2,1-3H3. The number of amides is 1. The topological polar surface area (TPSA) is 53.0 Å². The fourth-order valence-corrected chi connectivity index (χ4v) is 3.70. The Bertz CT molecular complexity index is 763. The molecule has 0 aliphatic carbocycles. The van der Waals surface area contributed by atoms with E-state index in [-0.39, 0.29) is 11.9 Å². The number of methoxy groups -OCH3 is 1. The van der Waals surface area contributed by atoms with Gasteiger partial charge >= 0.3 is 0 Å². The predicted octanol–water partition coefficient (Wildman–Crippen LogP) is 2.36. The minimum Gasteiger partial charge on any atom is -0.497 e. The van der Waals surface area contributed by atoms with E-state index < -0.39 is 5.60 Å². The lowest BCUT2D eigenvalue weighted by Crippen LogP contribution is -2.60. The number of hydrogen-bond acceptors (Lipinski definition) is 4. The number of piperidine rings is 1. The van der Waals surface area contributed by atoms with Crippen LogP contribution in [0.3, 0.4) is 0 Å². The Morgan fingerprint density at radius 3 is 2.58 bits per heavy atom. The minimum absolute atomic E-state index is 0.0362. The molecule has 2 aromatic carbocycles. The van der Waals surface area contributed by atoms with E-state index >= 15 is 0 Å². The molecule has 1 aliphatic heterocycles. The summed E-state index contributed by atoms with van der Waals surface area (Å²) in [5, 5.41) is 11.4. The molecule has 1 N–H and O–H groups in total. The number of nitrogens with zero attached hydrogens (tertiary/aromatic N) is 2. The number of rotatable bonds is 4. The van der Waals surface area contributed by atoms with Gasteiger partial charge in [-0.2, -0.15) is 0 Å². The summed E-state index contributed by atoms with van der Waals surface area (Å²) >= 11 is 0. The highest BCUT2D eigenvalue weighted by Gasteiger charge is 2.45. The van der Waals surface area contributed by atoms with Crippen molar-refractivity contribution in [3.63, 3.8) is 0 Å². The third-order valence-electron chi connectivity index (χ3n) is 5.21. The number of aliphatic hydroxyl groups is 1. The molecule has 1 fully saturated rings. The van der Waals surface area contributed by atoms with Crippen LogP contribution in [0.2, 0.25) is 0 Å². The molecule has 2 unspecified atom stereocenters. The average molecular weight is 354 g/mol. The molecule has 2 atom stereocenters. The van der Waals surface area contributed by atoms with E-state index in [4.69, 9.17) is 4.74 Å². The molecule has 0 aromatic heterocycles. The fourth-order valence-electron chi connectivity index (χ4n) is 3.70. The summed E-state index contributed by atoms with van der Waals surface area (Å²) in [5.74, 6) is 0.628. The van der Waals surface area contributed by atoms with Crippen molar-refractivity contribution in [3.05, 3.63) is 65.7 Å². The molecule has 0 bridgehead atoms. The quantitative estimate of drug-likeness (QED) is 0.916. The normalized spacial score (nSPS) is 23.1. The Morgan fingerprint density at radius 2 is 1.92 bits per heavy atom. The van der Waals surface area contributed by atoms with Crippen molar-refractivity contribution in [3.8, 4) is 5.75 Å². The highest BCUT2D eigenvalue weighted by atomic mass is 16.5. The number of ether oxygens (including phenoxy) is 1. The molecule has 1 amide bonds. The highest BCUT2D eigenvalue weighted by molar-refractivity contribution is 5.94. The molecule has 5 heteroatoms. The number of likely N-dealkylation sites (tertiary alicyclic amines) is 1. The van der Waals surface area contributed by atoms with Gasteiger partial charge in [-0.25, -0.2) is 0 Å². The molecule has 2 aromatic rings. The van der Waals surface area contributed by atoms with E-state index in [9.17, 15) is 9.90 Å². The molecule has 26 heavy (non-hydrogen) atoms. The predicted molar refractivity (Wildman–Crippen MR) is 101 cm³/mol. The zero-order valence-corrected chi connectivity index (χ0v) is 15.6. The molecule has 3 rings (SSSR count). The molecule has 1 saturated heterocycles. The minimum atomic E-state index is -0.976. The van der Waals surface area contributed by atoms with Gasteiger partial charge in [0.1, 0.15) is 11.4 Å². The second kappa shape index (κ2) is 7.48. The molecule has 0 spiro atoms. The lowest BCUT2D eigenvalue weighted by atomic mass is 9.79. The van der Waals surface area contributed by atoms with Crippen LogP contribution in [-0.4, -0.2) is 61.2 Å². The molecule has 0 radical (unpaired) electrons. The van der Waals surface area contributed by atoms with Gasteiger partial charge in [0.05, 0.1) is 13.2 Å². The van der Waals surface area contributed by atoms with Crippen molar-refractivity contribution in [2.24, 2.45) is 0 Å². The van der Waals surface area contributed by atoms with Crippen LogP contribution in [0.1, 0.15) is 22.3 Å². The second-order valence-electron chi connectivity index (χ2n) is 7.00. The lowest BCUT2D eigenvalue weighted by molar-refractivity contribution is -0.0810. The maximum atomic E-state index is 13.0. The molecule has 5 nitrogen and oxygen atoms in total. The van der Waals surface area contributed by atoms with E-state index in [1.165, 1.54) is 0 Å². The second-order valence-corrected chi connectivity index (χ2v) is 7.00. The van der Waals surface area contributed by atoms with Crippen molar-refractivity contribution in [1.29, 1.82) is 0 Å². The van der Waals surface area contributed by atoms with E-state index in [2.05, 4.69) is 0 Å². The SMILES string of the molecule is COc1cccc(C(=O)N2CCC(O)(c3ccccc3)C(N(C)C)C2)c1. The Labute approximate surface area is 154 Å². The molecular weight excluding hydrogens is 328 g/mol. The number of carbonyl (C=O) groups is 1. The number of benzene rings is 2. The zero-order valence-electron chi connectivity index (χ0n) is 15.6. The first-order chi connectivity index (χ1) is 12.5. The summed E-state index contributed by atoms with van der Waals surface area (Å²) in [6, 6.07) is 16.7. The number of hydrogen-bond donors (Lipinski definition) is 1. The summed E-state index contributed by atoms with van der Waals surface area (Å²) in [6.07, 6.45) is 0.496. The van der Waals surface area contributed by atoms with Crippen LogP contribution in [0.4, 0.5) is 0 Å². The van der Waals surface area contributed by atoms with Crippen molar-refractivity contribution < 1.29 is 14.6 Å². The van der Waals surface area contributed by atoms with Crippen LogP contribution in [0.15, 0.2) is 54.6 Å². The fraction of sp³-hybridized carbons (Fsp3) is 0.381. The lowest BCUT2D eigenvalue weighted by Gasteiger charge is -2.47. The van der Waals surface area contributed by atoms with E-state index in [0.29, 0.717) is 30.8 Å². The van der Waals surface area contributed by atoms with Crippen molar-refractivity contribution in [2.45, 2.75) is 18.1 Å². The van der Waals surface area contributed by atoms with Crippen LogP contribution in [0.5, 0.6) is 5.75 Å². The largest absolute Gasteiger partial charge is 0.497 e. The molecule has 1 heterocycles. The molecule has 138 valence electrons. The molecular formula is C21H26N2O3. The Kier molecular flexibility index (Phi) is 5.30. The first-order valence-electron chi connectivity index (χ1n) is 8.83. The Morgan fingerprint density at radius 1 is 1.19 bits per heavy atom. The van der Waals surface area contributed by atoms with E-state index in [0.717, 1.165) is 5.56 Å². The van der Waals surface area contributed by atoms with Gasteiger partial charge in [-0.05, 0) is 44.3 Å².